The number of amides is 1. The molecule has 0 spiro atoms. The molecule has 1 atom stereocenters. The van der Waals surface area contributed by atoms with Gasteiger partial charge in [0.25, 0.3) is 5.91 Å². The minimum Gasteiger partial charge on any atom is -0.383 e. The summed E-state index contributed by atoms with van der Waals surface area (Å²) in [6.45, 7) is 1.99. The van der Waals surface area contributed by atoms with Gasteiger partial charge in [0.2, 0.25) is 0 Å². The molecule has 0 saturated heterocycles. The average Bonchev–Trinajstić information content (AvgIpc) is 2.77. The van der Waals surface area contributed by atoms with Gasteiger partial charge in [-0.1, -0.05) is 36.7 Å². The van der Waals surface area contributed by atoms with E-state index in [1.165, 1.54) is 36.2 Å². The van der Waals surface area contributed by atoms with Gasteiger partial charge in [0.15, 0.2) is 0 Å². The second-order valence-electron chi connectivity index (χ2n) is 7.68. The lowest BCUT2D eigenvalue weighted by molar-refractivity contribution is -0.137. The SMILES string of the molecule is CCC(N/C=C(/C#N)C(=O)Nc1ccc(Cl)c(C(F)(F)F)c1)c1ccc2c(c1)CCCC2. The van der Waals surface area contributed by atoms with Crippen molar-refractivity contribution in [3.8, 4) is 6.07 Å². The van der Waals surface area contributed by atoms with Crippen LogP contribution in [0, 0.1) is 11.3 Å². The van der Waals surface area contributed by atoms with Crippen molar-refractivity contribution in [3.05, 3.63) is 75.4 Å². The first kappa shape index (κ1) is 23.7. The van der Waals surface area contributed by atoms with Crippen LogP contribution in [-0.4, -0.2) is 5.91 Å². The number of nitrogens with one attached hydrogen (secondary N) is 2. The standard InChI is InChI=1S/C24H23ClF3N3O/c1-2-22(17-8-7-15-5-3-4-6-16(15)11-17)30-14-18(13-29)23(32)31-19-9-10-21(25)20(12-19)24(26,27)28/h7-12,14,22,30H,2-6H2,1H3,(H,31,32)/b18-14-. The zero-order valence-corrected chi connectivity index (χ0v) is 18.3. The van der Waals surface area contributed by atoms with Crippen LogP contribution in [0.4, 0.5) is 18.9 Å². The summed E-state index contributed by atoms with van der Waals surface area (Å²) >= 11 is 5.60. The van der Waals surface area contributed by atoms with E-state index in [0.717, 1.165) is 37.0 Å². The molecule has 0 aromatic heterocycles. The smallest absolute Gasteiger partial charge is 0.383 e. The van der Waals surface area contributed by atoms with Crippen molar-refractivity contribution in [1.29, 1.82) is 5.26 Å². The number of carbonyl (C=O) groups is 1. The highest BCUT2D eigenvalue weighted by atomic mass is 35.5. The van der Waals surface area contributed by atoms with Gasteiger partial charge in [-0.3, -0.25) is 4.79 Å². The molecule has 1 amide bonds. The van der Waals surface area contributed by atoms with Crippen LogP contribution < -0.4 is 10.6 Å². The zero-order chi connectivity index (χ0) is 23.3. The van der Waals surface area contributed by atoms with Gasteiger partial charge in [0.05, 0.1) is 16.6 Å². The van der Waals surface area contributed by atoms with E-state index in [0.29, 0.717) is 0 Å². The van der Waals surface area contributed by atoms with E-state index in [1.54, 1.807) is 6.07 Å². The summed E-state index contributed by atoms with van der Waals surface area (Å²) in [6.07, 6.45) is 1.87. The number of halogens is 4. The molecule has 2 N–H and O–H groups in total. The molecule has 0 radical (unpaired) electrons. The van der Waals surface area contributed by atoms with Crippen molar-refractivity contribution in [2.45, 2.75) is 51.2 Å². The van der Waals surface area contributed by atoms with Crippen LogP contribution in [0.15, 0.2) is 48.2 Å². The summed E-state index contributed by atoms with van der Waals surface area (Å²) in [4.78, 5) is 12.5. The maximum Gasteiger partial charge on any atom is 0.417 e. The Morgan fingerprint density at radius 3 is 2.56 bits per heavy atom. The molecule has 168 valence electrons. The molecule has 0 fully saturated rings. The lowest BCUT2D eigenvalue weighted by atomic mass is 9.89. The van der Waals surface area contributed by atoms with E-state index in [4.69, 9.17) is 11.6 Å². The van der Waals surface area contributed by atoms with Gasteiger partial charge >= 0.3 is 6.18 Å². The van der Waals surface area contributed by atoms with E-state index in [-0.39, 0.29) is 17.3 Å². The van der Waals surface area contributed by atoms with Crippen molar-refractivity contribution >= 4 is 23.2 Å². The molecule has 4 nitrogen and oxygen atoms in total. The van der Waals surface area contributed by atoms with E-state index in [9.17, 15) is 23.2 Å². The second-order valence-corrected chi connectivity index (χ2v) is 8.09. The Morgan fingerprint density at radius 2 is 1.91 bits per heavy atom. The first-order valence-electron chi connectivity index (χ1n) is 10.4. The molecule has 0 saturated carbocycles. The third-order valence-electron chi connectivity index (χ3n) is 5.51. The lowest BCUT2D eigenvalue weighted by Gasteiger charge is -2.21. The summed E-state index contributed by atoms with van der Waals surface area (Å²) in [5.74, 6) is -0.809. The molecule has 1 aliphatic carbocycles. The Balaban J connectivity index is 1.74. The summed E-state index contributed by atoms with van der Waals surface area (Å²) < 4.78 is 39.1. The van der Waals surface area contributed by atoms with Gasteiger partial charge in [-0.25, -0.2) is 0 Å². The van der Waals surface area contributed by atoms with Crippen molar-refractivity contribution in [3.63, 3.8) is 0 Å². The van der Waals surface area contributed by atoms with Gasteiger partial charge in [0, 0.05) is 11.9 Å². The third kappa shape index (κ3) is 5.63. The summed E-state index contributed by atoms with van der Waals surface area (Å²) in [7, 11) is 0. The minimum atomic E-state index is -4.66. The Labute approximate surface area is 190 Å². The van der Waals surface area contributed by atoms with Crippen LogP contribution >= 0.6 is 11.6 Å². The zero-order valence-electron chi connectivity index (χ0n) is 17.5. The van der Waals surface area contributed by atoms with Gasteiger partial charge in [-0.15, -0.1) is 0 Å². The maximum absolute atomic E-state index is 13.0. The highest BCUT2D eigenvalue weighted by Crippen LogP contribution is 2.36. The number of nitrogens with zero attached hydrogens (tertiary/aromatic N) is 1. The van der Waals surface area contributed by atoms with E-state index >= 15 is 0 Å². The molecule has 1 unspecified atom stereocenters. The first-order chi connectivity index (χ1) is 15.2. The number of rotatable bonds is 6. The average molecular weight is 462 g/mol. The van der Waals surface area contributed by atoms with Crippen LogP contribution in [-0.2, 0) is 23.8 Å². The summed E-state index contributed by atoms with van der Waals surface area (Å²) in [6, 6.07) is 11.1. The largest absolute Gasteiger partial charge is 0.417 e. The number of nitriles is 1. The van der Waals surface area contributed by atoms with Crippen molar-refractivity contribution in [1.82, 2.24) is 5.32 Å². The highest BCUT2D eigenvalue weighted by Gasteiger charge is 2.33. The second kappa shape index (κ2) is 10.1. The molecular formula is C24H23ClF3N3O. The number of alkyl halides is 3. The monoisotopic (exact) mass is 461 g/mol. The third-order valence-corrected chi connectivity index (χ3v) is 5.84. The van der Waals surface area contributed by atoms with Crippen molar-refractivity contribution in [2.24, 2.45) is 0 Å². The quantitative estimate of drug-likeness (QED) is 0.390. The fraction of sp³-hybridized carbons (Fsp3) is 0.333. The Hall–Kier alpha value is -2.98. The van der Waals surface area contributed by atoms with Crippen LogP contribution in [0.5, 0.6) is 0 Å². The highest BCUT2D eigenvalue weighted by molar-refractivity contribution is 6.31. The number of hydrogen-bond donors (Lipinski definition) is 2. The number of fused-ring (bicyclic) bond motifs is 1. The number of hydrogen-bond acceptors (Lipinski definition) is 3. The molecule has 0 bridgehead atoms. The Kier molecular flexibility index (Phi) is 7.47. The predicted octanol–water partition coefficient (Wildman–Crippen LogP) is 6.32. The maximum atomic E-state index is 13.0. The number of anilines is 1. The van der Waals surface area contributed by atoms with E-state index in [1.807, 2.05) is 6.92 Å². The van der Waals surface area contributed by atoms with Crippen molar-refractivity contribution < 1.29 is 18.0 Å². The van der Waals surface area contributed by atoms with Crippen molar-refractivity contribution in [2.75, 3.05) is 5.32 Å². The molecule has 0 aliphatic heterocycles. The molecule has 32 heavy (non-hydrogen) atoms. The van der Waals surface area contributed by atoms with Crippen LogP contribution in [0.3, 0.4) is 0 Å². The lowest BCUT2D eigenvalue weighted by Crippen LogP contribution is -2.20. The molecule has 3 rings (SSSR count). The molecule has 2 aromatic carbocycles. The van der Waals surface area contributed by atoms with Gasteiger partial charge < -0.3 is 10.6 Å². The molecule has 8 heteroatoms. The predicted molar refractivity (Wildman–Crippen MR) is 118 cm³/mol. The van der Waals surface area contributed by atoms with E-state index in [2.05, 4.69) is 28.8 Å². The molecular weight excluding hydrogens is 439 g/mol. The fourth-order valence-electron chi connectivity index (χ4n) is 3.77. The Morgan fingerprint density at radius 1 is 1.19 bits per heavy atom. The normalized spacial score (nSPS) is 14.8. The summed E-state index contributed by atoms with van der Waals surface area (Å²) in [5.41, 5.74) is 2.35. The van der Waals surface area contributed by atoms with E-state index < -0.39 is 22.7 Å². The van der Waals surface area contributed by atoms with Crippen LogP contribution in [0.25, 0.3) is 0 Å². The van der Waals surface area contributed by atoms with Crippen LogP contribution in [0.2, 0.25) is 5.02 Å². The Bertz CT molecular complexity index is 1070. The van der Waals surface area contributed by atoms with Gasteiger partial charge in [-0.05, 0) is 67.0 Å². The topological polar surface area (TPSA) is 64.9 Å². The molecule has 2 aromatic rings. The number of benzene rings is 2. The van der Waals surface area contributed by atoms with Crippen LogP contribution in [0.1, 0.15) is 54.5 Å². The van der Waals surface area contributed by atoms with Gasteiger partial charge in [-0.2, -0.15) is 18.4 Å². The fourth-order valence-corrected chi connectivity index (χ4v) is 4.00. The van der Waals surface area contributed by atoms with Gasteiger partial charge in [0.1, 0.15) is 11.6 Å². The number of carbonyl (C=O) groups excluding carboxylic acids is 1. The number of aryl methyl sites for hydroxylation is 2. The minimum absolute atomic E-state index is 0.102. The molecule has 1 aliphatic rings. The summed E-state index contributed by atoms with van der Waals surface area (Å²) in [5, 5.41) is 14.4. The molecule has 0 heterocycles. The first-order valence-corrected chi connectivity index (χ1v) is 10.8.